The Morgan fingerprint density at radius 1 is 0.968 bits per heavy atom. The van der Waals surface area contributed by atoms with Gasteiger partial charge in [-0.15, -0.1) is 0 Å². The van der Waals surface area contributed by atoms with Crippen molar-refractivity contribution in [1.82, 2.24) is 15.8 Å². The maximum absolute atomic E-state index is 12.5. The minimum atomic E-state index is -0.648. The number of rotatable bonds is 3. The monoisotopic (exact) mass is 437 g/mol. The summed E-state index contributed by atoms with van der Waals surface area (Å²) < 4.78 is 0. The van der Waals surface area contributed by atoms with Crippen LogP contribution in [-0.2, 0) is 9.59 Å². The molecule has 0 aliphatic carbocycles. The molecular weight excluding hydrogens is 422 g/mol. The van der Waals surface area contributed by atoms with Crippen LogP contribution in [0.4, 0.5) is 11.4 Å². The second kappa shape index (κ2) is 8.04. The second-order valence-corrected chi connectivity index (χ2v) is 7.26. The van der Waals surface area contributed by atoms with Crippen molar-refractivity contribution < 1.29 is 19.2 Å². The van der Waals surface area contributed by atoms with Crippen LogP contribution in [0.25, 0.3) is 10.9 Å². The number of amides is 4. The van der Waals surface area contributed by atoms with Gasteiger partial charge in [-0.2, -0.15) is 0 Å². The van der Waals surface area contributed by atoms with Gasteiger partial charge in [0.2, 0.25) is 11.8 Å². The summed E-state index contributed by atoms with van der Waals surface area (Å²) in [5.41, 5.74) is 12.1. The van der Waals surface area contributed by atoms with E-state index in [0.717, 1.165) is 4.90 Å². The highest BCUT2D eigenvalue weighted by Crippen LogP contribution is 2.26. The van der Waals surface area contributed by atoms with Gasteiger partial charge < -0.3 is 5.73 Å². The maximum Gasteiger partial charge on any atom is 0.273 e. The number of nitrogens with two attached hydrogens (primary N) is 1. The number of pyridine rings is 1. The lowest BCUT2D eigenvalue weighted by Gasteiger charge is -2.14. The number of anilines is 2. The molecule has 0 bridgehead atoms. The Balaban J connectivity index is 1.44. The summed E-state index contributed by atoms with van der Waals surface area (Å²) in [7, 11) is 0. The molecule has 1 fully saturated rings. The van der Waals surface area contributed by atoms with Crippen LogP contribution < -0.4 is 21.5 Å². The highest BCUT2D eigenvalue weighted by atomic mass is 35.5. The summed E-state index contributed by atoms with van der Waals surface area (Å²) >= 11 is 5.98. The normalized spacial score (nSPS) is 13.5. The first-order valence-corrected chi connectivity index (χ1v) is 9.63. The van der Waals surface area contributed by atoms with Crippen LogP contribution in [0.5, 0.6) is 0 Å². The number of benzene rings is 2. The molecule has 4 amide bonds. The molecule has 9 nitrogen and oxygen atoms in total. The number of hydrogen-bond acceptors (Lipinski definition) is 6. The third-order valence-corrected chi connectivity index (χ3v) is 5.08. The van der Waals surface area contributed by atoms with E-state index in [1.807, 2.05) is 0 Å². The minimum absolute atomic E-state index is 0.0801. The molecule has 4 rings (SSSR count). The maximum atomic E-state index is 12.5. The molecule has 0 unspecified atom stereocenters. The van der Waals surface area contributed by atoms with Gasteiger partial charge in [-0.05, 0) is 42.5 Å². The molecule has 1 aromatic heterocycles. The van der Waals surface area contributed by atoms with Crippen molar-refractivity contribution in [3.63, 3.8) is 0 Å². The van der Waals surface area contributed by atoms with Gasteiger partial charge in [0.25, 0.3) is 11.8 Å². The lowest BCUT2D eigenvalue weighted by Crippen LogP contribution is -2.42. The molecule has 0 atom stereocenters. The number of nitrogens with zero attached hydrogens (tertiary/aromatic N) is 2. The van der Waals surface area contributed by atoms with E-state index in [-0.39, 0.29) is 41.5 Å². The van der Waals surface area contributed by atoms with Crippen molar-refractivity contribution in [2.24, 2.45) is 0 Å². The molecule has 156 valence electrons. The molecular formula is C21H16ClN5O4. The fourth-order valence-corrected chi connectivity index (χ4v) is 3.42. The van der Waals surface area contributed by atoms with Crippen LogP contribution in [0.15, 0.2) is 48.7 Å². The van der Waals surface area contributed by atoms with Gasteiger partial charge in [-0.1, -0.05) is 11.6 Å². The number of carbonyl (C=O) groups excluding carboxylic acids is 4. The second-order valence-electron chi connectivity index (χ2n) is 6.83. The highest BCUT2D eigenvalue weighted by Gasteiger charge is 2.30. The number of nitrogens with one attached hydrogen (secondary N) is 2. The predicted octanol–water partition coefficient (Wildman–Crippen LogP) is 2.20. The van der Waals surface area contributed by atoms with E-state index in [1.54, 1.807) is 18.2 Å². The van der Waals surface area contributed by atoms with Gasteiger partial charge in [0.05, 0.1) is 22.5 Å². The number of hydrogen-bond donors (Lipinski definition) is 3. The summed E-state index contributed by atoms with van der Waals surface area (Å²) in [6.07, 6.45) is 1.66. The van der Waals surface area contributed by atoms with Crippen LogP contribution in [0, 0.1) is 0 Å². The first-order chi connectivity index (χ1) is 14.8. The molecule has 3 aromatic rings. The van der Waals surface area contributed by atoms with Crippen molar-refractivity contribution in [3.05, 3.63) is 64.8 Å². The van der Waals surface area contributed by atoms with Crippen LogP contribution in [0.1, 0.15) is 33.6 Å². The number of hydrazine groups is 1. The van der Waals surface area contributed by atoms with Crippen LogP contribution in [0.3, 0.4) is 0 Å². The van der Waals surface area contributed by atoms with E-state index in [9.17, 15) is 19.2 Å². The number of nitrogen functional groups attached to an aromatic ring is 1. The third-order valence-electron chi connectivity index (χ3n) is 4.85. The van der Waals surface area contributed by atoms with Gasteiger partial charge in [0, 0.05) is 35.0 Å². The molecule has 0 saturated carbocycles. The quantitative estimate of drug-likeness (QED) is 0.424. The number of carbonyl (C=O) groups is 4. The SMILES string of the molecule is Nc1c(C(=O)NNC(=O)c2ccc(N3C(=O)CCC3=O)cc2)cnc2ccc(Cl)cc12. The van der Waals surface area contributed by atoms with E-state index < -0.39 is 11.8 Å². The van der Waals surface area contributed by atoms with Crippen LogP contribution in [-0.4, -0.2) is 28.6 Å². The Morgan fingerprint density at radius 2 is 1.61 bits per heavy atom. The lowest BCUT2D eigenvalue weighted by atomic mass is 10.1. The predicted molar refractivity (Wildman–Crippen MR) is 114 cm³/mol. The van der Waals surface area contributed by atoms with E-state index >= 15 is 0 Å². The first kappa shape index (κ1) is 20.3. The molecule has 1 saturated heterocycles. The van der Waals surface area contributed by atoms with Crippen molar-refractivity contribution in [2.45, 2.75) is 12.8 Å². The third kappa shape index (κ3) is 3.90. The first-order valence-electron chi connectivity index (χ1n) is 9.25. The van der Waals surface area contributed by atoms with Gasteiger partial charge in [0.15, 0.2) is 0 Å². The average Bonchev–Trinajstić information content (AvgIpc) is 3.10. The lowest BCUT2D eigenvalue weighted by molar-refractivity contribution is -0.121. The van der Waals surface area contributed by atoms with E-state index in [2.05, 4.69) is 15.8 Å². The molecule has 10 heteroatoms. The molecule has 31 heavy (non-hydrogen) atoms. The highest BCUT2D eigenvalue weighted by molar-refractivity contribution is 6.31. The molecule has 2 heterocycles. The number of halogens is 1. The van der Waals surface area contributed by atoms with Gasteiger partial charge in [-0.3, -0.25) is 39.9 Å². The van der Waals surface area contributed by atoms with E-state index in [1.165, 1.54) is 30.5 Å². The standard InChI is InChI=1S/C21H16ClN5O4/c22-12-3-6-16-14(9-12)19(23)15(10-24-16)21(31)26-25-20(30)11-1-4-13(5-2-11)27-17(28)7-8-18(27)29/h1-6,9-10H,7-8H2,(H2,23,24)(H,25,30)(H,26,31). The minimum Gasteiger partial charge on any atom is -0.397 e. The summed E-state index contributed by atoms with van der Waals surface area (Å²) in [6.45, 7) is 0. The molecule has 0 spiro atoms. The summed E-state index contributed by atoms with van der Waals surface area (Å²) in [6, 6.07) is 10.8. The van der Waals surface area contributed by atoms with Gasteiger partial charge >= 0.3 is 0 Å². The zero-order chi connectivity index (χ0) is 22.1. The van der Waals surface area contributed by atoms with E-state index in [0.29, 0.717) is 21.6 Å². The van der Waals surface area contributed by atoms with Crippen LogP contribution in [0.2, 0.25) is 5.02 Å². The van der Waals surface area contributed by atoms with Gasteiger partial charge in [0.1, 0.15) is 0 Å². The Bertz CT molecular complexity index is 1230. The summed E-state index contributed by atoms with van der Waals surface area (Å²) in [4.78, 5) is 53.7. The van der Waals surface area contributed by atoms with Crippen LogP contribution >= 0.6 is 11.6 Å². The van der Waals surface area contributed by atoms with Crippen molar-refractivity contribution in [2.75, 3.05) is 10.6 Å². The summed E-state index contributed by atoms with van der Waals surface area (Å²) in [5.74, 6) is -1.80. The van der Waals surface area contributed by atoms with Gasteiger partial charge in [-0.25, -0.2) is 0 Å². The molecule has 2 aromatic carbocycles. The van der Waals surface area contributed by atoms with Crippen molar-refractivity contribution in [1.29, 1.82) is 0 Å². The Hall–Kier alpha value is -3.98. The van der Waals surface area contributed by atoms with Crippen molar-refractivity contribution >= 4 is 57.5 Å². The fourth-order valence-electron chi connectivity index (χ4n) is 3.25. The zero-order valence-corrected chi connectivity index (χ0v) is 16.8. The topological polar surface area (TPSA) is 134 Å². The molecule has 4 N–H and O–H groups in total. The number of imide groups is 1. The smallest absolute Gasteiger partial charge is 0.273 e. The molecule has 1 aliphatic rings. The Morgan fingerprint density at radius 3 is 2.29 bits per heavy atom. The molecule has 1 aliphatic heterocycles. The largest absolute Gasteiger partial charge is 0.397 e. The van der Waals surface area contributed by atoms with Crippen molar-refractivity contribution in [3.8, 4) is 0 Å². The number of aromatic nitrogens is 1. The average molecular weight is 438 g/mol. The zero-order valence-electron chi connectivity index (χ0n) is 16.0. The number of fused-ring (bicyclic) bond motifs is 1. The molecule has 0 radical (unpaired) electrons. The Labute approximate surface area is 181 Å². The Kier molecular flexibility index (Phi) is 5.26. The fraction of sp³-hybridized carbons (Fsp3) is 0.0952. The van der Waals surface area contributed by atoms with E-state index in [4.69, 9.17) is 17.3 Å². The summed E-state index contributed by atoms with van der Waals surface area (Å²) in [5, 5.41) is 0.973.